The van der Waals surface area contributed by atoms with E-state index in [0.717, 1.165) is 13.1 Å². The molecule has 0 aromatic carbocycles. The SMILES string of the molecule is C.c1cc[n+](CCSCCSCCSCC[n+]2ccccc2)cc1. The first-order valence-corrected chi connectivity index (χ1v) is 11.5. The van der Waals surface area contributed by atoms with Crippen LogP contribution in [-0.2, 0) is 13.1 Å². The number of aryl methyl sites for hydroxylation is 2. The van der Waals surface area contributed by atoms with Crippen LogP contribution in [-0.4, -0.2) is 34.5 Å². The Morgan fingerprint density at radius 3 is 1.17 bits per heavy atom. The predicted molar refractivity (Wildman–Crippen MR) is 112 cm³/mol. The molecule has 2 aromatic heterocycles. The molecule has 0 radical (unpaired) electrons. The van der Waals surface area contributed by atoms with Gasteiger partial charge in [-0.25, -0.2) is 9.13 Å². The van der Waals surface area contributed by atoms with Crippen molar-refractivity contribution in [3.63, 3.8) is 0 Å². The summed E-state index contributed by atoms with van der Waals surface area (Å²) in [5.41, 5.74) is 0. The van der Waals surface area contributed by atoms with E-state index in [2.05, 4.69) is 106 Å². The number of rotatable bonds is 12. The molecule has 2 heterocycles. The summed E-state index contributed by atoms with van der Waals surface area (Å²) >= 11 is 6.21. The lowest BCUT2D eigenvalue weighted by atomic mass is 10.5. The minimum atomic E-state index is 0. The summed E-state index contributed by atoms with van der Waals surface area (Å²) in [7, 11) is 0. The average Bonchev–Trinajstić information content (AvgIpc) is 2.61. The standard InChI is InChI=1S/C18H26N2S3.CH4/c1-3-7-19(8-4-1)11-13-21-15-17-23-18-16-22-14-12-20-9-5-2-6-10-20;/h1-10H,11-18H2;1H4/q+2;. The van der Waals surface area contributed by atoms with Crippen LogP contribution in [0.2, 0.25) is 0 Å². The first kappa shape index (κ1) is 21.4. The minimum absolute atomic E-state index is 0. The van der Waals surface area contributed by atoms with E-state index in [0.29, 0.717) is 0 Å². The normalized spacial score (nSPS) is 10.3. The average molecular weight is 383 g/mol. The highest BCUT2D eigenvalue weighted by Gasteiger charge is 1.99. The number of hydrogen-bond acceptors (Lipinski definition) is 3. The van der Waals surface area contributed by atoms with Crippen LogP contribution in [0.15, 0.2) is 61.2 Å². The van der Waals surface area contributed by atoms with Crippen LogP contribution in [0.3, 0.4) is 0 Å². The van der Waals surface area contributed by atoms with Crippen molar-refractivity contribution in [1.82, 2.24) is 0 Å². The van der Waals surface area contributed by atoms with Crippen molar-refractivity contribution in [2.45, 2.75) is 20.5 Å². The lowest BCUT2D eigenvalue weighted by molar-refractivity contribution is -0.692. The highest BCUT2D eigenvalue weighted by atomic mass is 32.2. The lowest BCUT2D eigenvalue weighted by Crippen LogP contribution is -2.33. The van der Waals surface area contributed by atoms with Crippen LogP contribution in [0.4, 0.5) is 0 Å². The molecule has 0 spiro atoms. The molecule has 0 unspecified atom stereocenters. The van der Waals surface area contributed by atoms with Crippen LogP contribution in [0.1, 0.15) is 7.43 Å². The number of nitrogens with zero attached hydrogens (tertiary/aromatic N) is 2. The van der Waals surface area contributed by atoms with Gasteiger partial charge in [-0.2, -0.15) is 35.3 Å². The Bertz CT molecular complexity index is 461. The lowest BCUT2D eigenvalue weighted by Gasteiger charge is -2.01. The summed E-state index contributed by atoms with van der Waals surface area (Å²) in [5, 5.41) is 0. The van der Waals surface area contributed by atoms with Gasteiger partial charge in [0.2, 0.25) is 0 Å². The van der Waals surface area contributed by atoms with Gasteiger partial charge in [-0.3, -0.25) is 0 Å². The van der Waals surface area contributed by atoms with Crippen molar-refractivity contribution >= 4 is 35.3 Å². The molecule has 0 fully saturated rings. The molecule has 0 N–H and O–H groups in total. The molecule has 0 saturated heterocycles. The largest absolute Gasteiger partial charge is 0.204 e. The van der Waals surface area contributed by atoms with E-state index in [1.165, 1.54) is 34.5 Å². The maximum Gasteiger partial charge on any atom is 0.168 e. The van der Waals surface area contributed by atoms with E-state index in [1.54, 1.807) is 0 Å². The van der Waals surface area contributed by atoms with Gasteiger partial charge in [0.05, 0.1) is 11.5 Å². The third-order valence-corrected chi connectivity index (χ3v) is 6.72. The van der Waals surface area contributed by atoms with Gasteiger partial charge in [-0.1, -0.05) is 19.6 Å². The predicted octanol–water partition coefficient (Wildman–Crippen LogP) is 3.80. The minimum Gasteiger partial charge on any atom is -0.204 e. The maximum atomic E-state index is 2.25. The van der Waals surface area contributed by atoms with Crippen molar-refractivity contribution in [2.75, 3.05) is 34.5 Å². The maximum absolute atomic E-state index is 2.25. The van der Waals surface area contributed by atoms with Crippen molar-refractivity contribution in [3.05, 3.63) is 61.2 Å². The first-order chi connectivity index (χ1) is 11.4. The monoisotopic (exact) mass is 382 g/mol. The summed E-state index contributed by atoms with van der Waals surface area (Å²) in [4.78, 5) is 0. The molecule has 0 aliphatic heterocycles. The summed E-state index contributed by atoms with van der Waals surface area (Å²) in [6.07, 6.45) is 8.56. The molecule has 0 aliphatic rings. The van der Waals surface area contributed by atoms with Crippen molar-refractivity contribution in [3.8, 4) is 0 Å². The Labute approximate surface area is 160 Å². The Hall–Kier alpha value is -0.650. The highest BCUT2D eigenvalue weighted by Crippen LogP contribution is 2.10. The van der Waals surface area contributed by atoms with E-state index in [9.17, 15) is 0 Å². The number of pyridine rings is 2. The Balaban J connectivity index is 0.00000288. The van der Waals surface area contributed by atoms with E-state index in [1.807, 2.05) is 0 Å². The zero-order valence-corrected chi connectivity index (χ0v) is 16.0. The van der Waals surface area contributed by atoms with Gasteiger partial charge in [-0.15, -0.1) is 0 Å². The quantitative estimate of drug-likeness (QED) is 0.408. The molecule has 0 saturated carbocycles. The van der Waals surface area contributed by atoms with Crippen molar-refractivity contribution < 1.29 is 9.13 Å². The second-order valence-electron chi connectivity index (χ2n) is 5.06. The molecule has 132 valence electrons. The molecule has 5 heteroatoms. The molecule has 2 nitrogen and oxygen atoms in total. The molecule has 2 rings (SSSR count). The van der Waals surface area contributed by atoms with Gasteiger partial charge in [0.1, 0.15) is 0 Å². The van der Waals surface area contributed by atoms with Crippen molar-refractivity contribution in [1.29, 1.82) is 0 Å². The molecular formula is C19H30N2S3+2. The van der Waals surface area contributed by atoms with Gasteiger partial charge < -0.3 is 0 Å². The molecule has 0 atom stereocenters. The van der Waals surface area contributed by atoms with Gasteiger partial charge in [0.25, 0.3) is 0 Å². The Kier molecular flexibility index (Phi) is 13.1. The first-order valence-electron chi connectivity index (χ1n) is 8.06. The fraction of sp³-hybridized carbons (Fsp3) is 0.474. The molecule has 0 aliphatic carbocycles. The fourth-order valence-electron chi connectivity index (χ4n) is 2.05. The number of thioether (sulfide) groups is 3. The summed E-state index contributed by atoms with van der Waals surface area (Å²) in [6, 6.07) is 12.5. The molecule has 0 bridgehead atoms. The highest BCUT2D eigenvalue weighted by molar-refractivity contribution is 8.04. The second kappa shape index (κ2) is 14.7. The van der Waals surface area contributed by atoms with E-state index >= 15 is 0 Å². The van der Waals surface area contributed by atoms with Gasteiger partial charge in [0.15, 0.2) is 37.9 Å². The zero-order valence-electron chi connectivity index (χ0n) is 13.5. The van der Waals surface area contributed by atoms with Gasteiger partial charge in [-0.05, 0) is 0 Å². The van der Waals surface area contributed by atoms with E-state index in [-0.39, 0.29) is 7.43 Å². The number of aromatic nitrogens is 2. The topological polar surface area (TPSA) is 7.76 Å². The molecule has 24 heavy (non-hydrogen) atoms. The smallest absolute Gasteiger partial charge is 0.168 e. The van der Waals surface area contributed by atoms with Crippen LogP contribution in [0.5, 0.6) is 0 Å². The Morgan fingerprint density at radius 2 is 0.792 bits per heavy atom. The van der Waals surface area contributed by atoms with Crippen molar-refractivity contribution in [2.24, 2.45) is 0 Å². The van der Waals surface area contributed by atoms with Crippen LogP contribution < -0.4 is 9.13 Å². The van der Waals surface area contributed by atoms with E-state index < -0.39 is 0 Å². The summed E-state index contributed by atoms with van der Waals surface area (Å²) in [6.45, 7) is 2.23. The van der Waals surface area contributed by atoms with E-state index in [4.69, 9.17) is 0 Å². The molecule has 0 amide bonds. The van der Waals surface area contributed by atoms with Crippen LogP contribution in [0, 0.1) is 0 Å². The third-order valence-electron chi connectivity index (χ3n) is 3.29. The molecule has 2 aromatic rings. The third kappa shape index (κ3) is 10.3. The van der Waals surface area contributed by atoms with Crippen LogP contribution in [0.25, 0.3) is 0 Å². The Morgan fingerprint density at radius 1 is 0.458 bits per heavy atom. The zero-order chi connectivity index (χ0) is 16.0. The fourth-order valence-corrected chi connectivity index (χ4v) is 5.23. The number of hydrogen-bond donors (Lipinski definition) is 0. The van der Waals surface area contributed by atoms with Crippen LogP contribution >= 0.6 is 35.3 Å². The summed E-state index contributed by atoms with van der Waals surface area (Å²) in [5.74, 6) is 7.50. The molecular weight excluding hydrogens is 352 g/mol. The second-order valence-corrected chi connectivity index (χ2v) is 8.74. The van der Waals surface area contributed by atoms with Gasteiger partial charge >= 0.3 is 0 Å². The summed E-state index contributed by atoms with van der Waals surface area (Å²) < 4.78 is 4.50. The van der Waals surface area contributed by atoms with Gasteiger partial charge in [0, 0.05) is 47.3 Å².